The molecule has 0 amide bonds. The van der Waals surface area contributed by atoms with Crippen molar-refractivity contribution in [3.8, 4) is 5.75 Å². The van der Waals surface area contributed by atoms with Crippen LogP contribution in [0.15, 0.2) is 29.3 Å². The zero-order chi connectivity index (χ0) is 18.8. The van der Waals surface area contributed by atoms with Gasteiger partial charge in [0.05, 0.1) is 0 Å². The molecule has 3 unspecified atom stereocenters. The minimum Gasteiger partial charge on any atom is -0.508 e. The normalized spacial score (nSPS) is 22.0. The minimum absolute atomic E-state index is 0.306. The van der Waals surface area contributed by atoms with E-state index < -0.39 is 10.8 Å². The van der Waals surface area contributed by atoms with Gasteiger partial charge >= 0.3 is 0 Å². The average Bonchev–Trinajstić information content (AvgIpc) is 2.66. The van der Waals surface area contributed by atoms with E-state index >= 15 is 0 Å². The van der Waals surface area contributed by atoms with Crippen LogP contribution in [0.3, 0.4) is 0 Å². The highest BCUT2D eigenvalue weighted by Gasteiger charge is 2.25. The average molecular weight is 380 g/mol. The zero-order valence-corrected chi connectivity index (χ0v) is 16.9. The van der Waals surface area contributed by atoms with E-state index in [1.165, 1.54) is 5.56 Å². The second-order valence-electron chi connectivity index (χ2n) is 6.83. The van der Waals surface area contributed by atoms with Crippen LogP contribution in [0.4, 0.5) is 0 Å². The van der Waals surface area contributed by atoms with Gasteiger partial charge in [0.15, 0.2) is 5.96 Å². The fraction of sp³-hybridized carbons (Fsp3) is 0.650. The van der Waals surface area contributed by atoms with Gasteiger partial charge in [0.25, 0.3) is 0 Å². The summed E-state index contributed by atoms with van der Waals surface area (Å²) < 4.78 is 12.1. The lowest BCUT2D eigenvalue weighted by atomic mass is 9.95. The van der Waals surface area contributed by atoms with E-state index in [2.05, 4.69) is 17.6 Å². The first-order valence-corrected chi connectivity index (χ1v) is 11.2. The van der Waals surface area contributed by atoms with Crippen LogP contribution in [-0.4, -0.2) is 45.4 Å². The predicted octanol–water partition coefficient (Wildman–Crippen LogP) is 2.96. The van der Waals surface area contributed by atoms with E-state index in [1.54, 1.807) is 12.1 Å². The van der Waals surface area contributed by atoms with Crippen molar-refractivity contribution in [2.45, 2.75) is 63.7 Å². The molecule has 0 spiro atoms. The van der Waals surface area contributed by atoms with Gasteiger partial charge in [-0.1, -0.05) is 25.5 Å². The van der Waals surface area contributed by atoms with Crippen LogP contribution in [-0.2, 0) is 17.2 Å². The number of aryl methyl sites for hydroxylation is 1. The van der Waals surface area contributed by atoms with Crippen molar-refractivity contribution in [2.75, 3.05) is 18.8 Å². The minimum atomic E-state index is -0.700. The van der Waals surface area contributed by atoms with Crippen LogP contribution >= 0.6 is 0 Å². The summed E-state index contributed by atoms with van der Waals surface area (Å²) in [7, 11) is -0.700. The highest BCUT2D eigenvalue weighted by Crippen LogP contribution is 2.23. The van der Waals surface area contributed by atoms with E-state index in [9.17, 15) is 9.32 Å². The molecule has 3 atom stereocenters. The van der Waals surface area contributed by atoms with Gasteiger partial charge in [0.1, 0.15) is 5.75 Å². The molecule has 6 heteroatoms. The van der Waals surface area contributed by atoms with Crippen LogP contribution in [0.1, 0.15) is 51.5 Å². The van der Waals surface area contributed by atoms with E-state index in [0.717, 1.165) is 63.3 Å². The van der Waals surface area contributed by atoms with Gasteiger partial charge in [-0.25, -0.2) is 0 Å². The molecule has 0 radical (unpaired) electrons. The Labute approximate surface area is 160 Å². The van der Waals surface area contributed by atoms with E-state index in [4.69, 9.17) is 4.99 Å². The lowest BCUT2D eigenvalue weighted by Gasteiger charge is -2.30. The molecule has 1 aliphatic rings. The van der Waals surface area contributed by atoms with Crippen molar-refractivity contribution in [1.29, 1.82) is 0 Å². The third-order valence-electron chi connectivity index (χ3n) is 4.80. The van der Waals surface area contributed by atoms with Crippen molar-refractivity contribution < 1.29 is 9.32 Å². The van der Waals surface area contributed by atoms with Crippen LogP contribution < -0.4 is 10.6 Å². The van der Waals surface area contributed by atoms with Gasteiger partial charge < -0.3 is 15.7 Å². The van der Waals surface area contributed by atoms with Crippen LogP contribution in [0.25, 0.3) is 0 Å². The van der Waals surface area contributed by atoms with Crippen molar-refractivity contribution in [2.24, 2.45) is 4.99 Å². The Balaban J connectivity index is 1.81. The first-order chi connectivity index (χ1) is 12.6. The third kappa shape index (κ3) is 6.98. The first kappa shape index (κ1) is 20.7. The number of benzene rings is 1. The van der Waals surface area contributed by atoms with Gasteiger partial charge in [-0.15, -0.1) is 0 Å². The number of guanidine groups is 1. The number of nitrogens with zero attached hydrogens (tertiary/aromatic N) is 1. The topological polar surface area (TPSA) is 73.7 Å². The Morgan fingerprint density at radius 2 is 2.04 bits per heavy atom. The number of rotatable bonds is 8. The largest absolute Gasteiger partial charge is 0.508 e. The summed E-state index contributed by atoms with van der Waals surface area (Å²) in [5.41, 5.74) is 1.22. The smallest absolute Gasteiger partial charge is 0.191 e. The third-order valence-corrected chi connectivity index (χ3v) is 6.54. The number of phenolic OH excluding ortho intramolecular Hbond substituents is 1. The van der Waals surface area contributed by atoms with Gasteiger partial charge in [-0.2, -0.15) is 0 Å². The van der Waals surface area contributed by atoms with Gasteiger partial charge in [0, 0.05) is 40.9 Å². The monoisotopic (exact) mass is 379 g/mol. The molecular formula is C20H33N3O2S. The van der Waals surface area contributed by atoms with Gasteiger partial charge in [-0.3, -0.25) is 9.20 Å². The molecule has 1 saturated carbocycles. The molecule has 26 heavy (non-hydrogen) atoms. The van der Waals surface area contributed by atoms with Crippen molar-refractivity contribution >= 4 is 16.8 Å². The first-order valence-electron chi connectivity index (χ1n) is 9.82. The number of aliphatic imine (C=N–C) groups is 1. The number of hydrogen-bond donors (Lipinski definition) is 3. The summed E-state index contributed by atoms with van der Waals surface area (Å²) >= 11 is 0. The summed E-state index contributed by atoms with van der Waals surface area (Å²) in [6.45, 7) is 5.67. The SMILES string of the molecule is CCNC(=NCCCc1ccc(O)cc1)NC1CCCC(S(=O)CC)C1. The van der Waals surface area contributed by atoms with Gasteiger partial charge in [0.2, 0.25) is 0 Å². The lowest BCUT2D eigenvalue weighted by Crippen LogP contribution is -2.46. The van der Waals surface area contributed by atoms with Crippen LogP contribution in [0, 0.1) is 0 Å². The quantitative estimate of drug-likeness (QED) is 0.369. The Kier molecular flexibility index (Phi) is 8.95. The maximum atomic E-state index is 12.1. The maximum absolute atomic E-state index is 12.1. The van der Waals surface area contributed by atoms with Crippen LogP contribution in [0.5, 0.6) is 5.75 Å². The fourth-order valence-corrected chi connectivity index (χ4v) is 4.75. The Morgan fingerprint density at radius 3 is 2.73 bits per heavy atom. The summed E-state index contributed by atoms with van der Waals surface area (Å²) in [6.07, 6.45) is 6.22. The zero-order valence-electron chi connectivity index (χ0n) is 16.0. The summed E-state index contributed by atoms with van der Waals surface area (Å²) in [4.78, 5) is 4.70. The highest BCUT2D eigenvalue weighted by atomic mass is 32.2. The lowest BCUT2D eigenvalue weighted by molar-refractivity contribution is 0.413. The molecular weight excluding hydrogens is 346 g/mol. The van der Waals surface area contributed by atoms with E-state index in [0.29, 0.717) is 17.0 Å². The standard InChI is InChI=1S/C20H33N3O2S/c1-3-21-20(22-14-6-7-16-10-12-18(24)13-11-16)23-17-8-5-9-19(15-17)26(25)4-2/h10-13,17,19,24H,3-9,14-15H2,1-2H3,(H2,21,22,23). The van der Waals surface area contributed by atoms with E-state index in [-0.39, 0.29) is 0 Å². The number of phenols is 1. The molecule has 1 aliphatic carbocycles. The molecule has 1 fully saturated rings. The molecule has 5 nitrogen and oxygen atoms in total. The van der Waals surface area contributed by atoms with Crippen molar-refractivity contribution in [3.05, 3.63) is 29.8 Å². The fourth-order valence-electron chi connectivity index (χ4n) is 3.40. The highest BCUT2D eigenvalue weighted by molar-refractivity contribution is 7.85. The molecule has 1 aromatic carbocycles. The summed E-state index contributed by atoms with van der Waals surface area (Å²) in [5.74, 6) is 1.93. The molecule has 3 N–H and O–H groups in total. The number of hydrogen-bond acceptors (Lipinski definition) is 3. The molecule has 2 rings (SSSR count). The second-order valence-corrected chi connectivity index (χ2v) is 8.84. The van der Waals surface area contributed by atoms with Crippen molar-refractivity contribution in [1.82, 2.24) is 10.6 Å². The predicted molar refractivity (Wildman–Crippen MR) is 110 cm³/mol. The molecule has 146 valence electrons. The Morgan fingerprint density at radius 1 is 1.27 bits per heavy atom. The Hall–Kier alpha value is -1.56. The molecule has 0 heterocycles. The second kappa shape index (κ2) is 11.2. The maximum Gasteiger partial charge on any atom is 0.191 e. The molecule has 0 aliphatic heterocycles. The molecule has 1 aromatic rings. The summed E-state index contributed by atoms with van der Waals surface area (Å²) in [5, 5.41) is 16.5. The number of aromatic hydroxyl groups is 1. The van der Waals surface area contributed by atoms with Crippen molar-refractivity contribution in [3.63, 3.8) is 0 Å². The number of nitrogens with one attached hydrogen (secondary N) is 2. The van der Waals surface area contributed by atoms with E-state index in [1.807, 2.05) is 19.1 Å². The molecule has 0 bridgehead atoms. The Bertz CT molecular complexity index is 589. The molecule has 0 aromatic heterocycles. The van der Waals surface area contributed by atoms with Gasteiger partial charge in [-0.05, 0) is 56.7 Å². The van der Waals surface area contributed by atoms with Crippen LogP contribution in [0.2, 0.25) is 0 Å². The molecule has 0 saturated heterocycles. The summed E-state index contributed by atoms with van der Waals surface area (Å²) in [6, 6.07) is 7.73.